The van der Waals surface area contributed by atoms with E-state index in [4.69, 9.17) is 0 Å². The molecular weight excluding hydrogens is 391 g/mol. The molecule has 30 heavy (non-hydrogen) atoms. The third kappa shape index (κ3) is 4.04. The highest BCUT2D eigenvalue weighted by Gasteiger charge is 2.57. The minimum absolute atomic E-state index is 0.217. The summed E-state index contributed by atoms with van der Waals surface area (Å²) < 4.78 is 0. The van der Waals surface area contributed by atoms with Crippen molar-refractivity contribution in [1.29, 1.82) is 0 Å². The van der Waals surface area contributed by atoms with Crippen LogP contribution >= 0.6 is 7.26 Å². The van der Waals surface area contributed by atoms with E-state index in [1.165, 1.54) is 6.92 Å². The van der Waals surface area contributed by atoms with Crippen LogP contribution in [0.5, 0.6) is 0 Å². The van der Waals surface area contributed by atoms with E-state index in [1.807, 2.05) is 97.9 Å². The quantitative estimate of drug-likeness (QED) is 0.389. The first-order chi connectivity index (χ1) is 14.5. The van der Waals surface area contributed by atoms with Crippen LogP contribution < -0.4 is 15.9 Å². The molecule has 0 radical (unpaired) electrons. The van der Waals surface area contributed by atoms with Gasteiger partial charge in [0.25, 0.3) is 0 Å². The highest BCUT2D eigenvalue weighted by atomic mass is 31.2. The van der Waals surface area contributed by atoms with Crippen molar-refractivity contribution in [1.82, 2.24) is 0 Å². The van der Waals surface area contributed by atoms with Crippen molar-refractivity contribution in [3.05, 3.63) is 91.0 Å². The van der Waals surface area contributed by atoms with E-state index in [9.17, 15) is 14.4 Å². The van der Waals surface area contributed by atoms with Crippen LogP contribution in [0.2, 0.25) is 0 Å². The SMILES string of the molecule is CCCC(=O)C(C(C)=O)C(=O)[P+](c1ccccc1)(c1ccccc1)c1ccccc1. The smallest absolute Gasteiger partial charge is 0.299 e. The number of carbonyl (C=O) groups excluding carboxylic acids is 3. The molecule has 0 aromatic heterocycles. The van der Waals surface area contributed by atoms with Crippen molar-refractivity contribution >= 4 is 40.3 Å². The summed E-state index contributed by atoms with van der Waals surface area (Å²) in [7, 11) is -2.91. The van der Waals surface area contributed by atoms with Gasteiger partial charge in [0.1, 0.15) is 15.9 Å². The predicted octanol–water partition coefficient (Wildman–Crippen LogP) is 4.08. The zero-order valence-corrected chi connectivity index (χ0v) is 18.2. The molecule has 152 valence electrons. The highest BCUT2D eigenvalue weighted by molar-refractivity contribution is 8.08. The van der Waals surface area contributed by atoms with Crippen molar-refractivity contribution < 1.29 is 14.4 Å². The maximum atomic E-state index is 14.3. The van der Waals surface area contributed by atoms with Gasteiger partial charge in [0.15, 0.2) is 24.7 Å². The number of hydrogen-bond acceptors (Lipinski definition) is 3. The molecule has 3 aromatic carbocycles. The van der Waals surface area contributed by atoms with Gasteiger partial charge in [-0.3, -0.25) is 14.4 Å². The zero-order valence-electron chi connectivity index (χ0n) is 17.3. The van der Waals surface area contributed by atoms with E-state index >= 15 is 0 Å². The molecule has 3 nitrogen and oxygen atoms in total. The molecule has 0 amide bonds. The Morgan fingerprint density at radius 2 is 1.07 bits per heavy atom. The molecule has 0 saturated heterocycles. The lowest BCUT2D eigenvalue weighted by Crippen LogP contribution is -2.43. The van der Waals surface area contributed by atoms with Crippen molar-refractivity contribution in [2.24, 2.45) is 5.92 Å². The van der Waals surface area contributed by atoms with E-state index < -0.39 is 13.2 Å². The Kier molecular flexibility index (Phi) is 7.07. The summed E-state index contributed by atoms with van der Waals surface area (Å²) in [6.45, 7) is 3.24. The Hall–Kier alpha value is -2.90. The molecule has 3 rings (SSSR count). The van der Waals surface area contributed by atoms with Gasteiger partial charge in [0, 0.05) is 6.42 Å². The fourth-order valence-electron chi connectivity index (χ4n) is 3.91. The molecule has 0 aliphatic rings. The van der Waals surface area contributed by atoms with Gasteiger partial charge in [0.05, 0.1) is 0 Å². The first-order valence-corrected chi connectivity index (χ1v) is 12.0. The van der Waals surface area contributed by atoms with Gasteiger partial charge in [0.2, 0.25) is 0 Å². The van der Waals surface area contributed by atoms with Gasteiger partial charge in [-0.15, -0.1) is 0 Å². The lowest BCUT2D eigenvalue weighted by atomic mass is 9.98. The van der Waals surface area contributed by atoms with Gasteiger partial charge in [-0.25, -0.2) is 0 Å². The molecule has 0 spiro atoms. The minimum atomic E-state index is -2.91. The van der Waals surface area contributed by atoms with Crippen LogP contribution in [0, 0.1) is 5.92 Å². The van der Waals surface area contributed by atoms with E-state index in [-0.39, 0.29) is 23.5 Å². The monoisotopic (exact) mass is 417 g/mol. The molecule has 0 aliphatic heterocycles. The number of Topliss-reactive ketones (excluding diaryl/α,β-unsaturated/α-hetero) is 2. The maximum Gasteiger partial charge on any atom is 0.301 e. The first kappa shape index (κ1) is 21.8. The Morgan fingerprint density at radius 3 is 1.37 bits per heavy atom. The average Bonchev–Trinajstić information content (AvgIpc) is 2.77. The third-order valence-corrected chi connectivity index (χ3v) is 9.37. The maximum absolute atomic E-state index is 14.3. The average molecular weight is 417 g/mol. The Balaban J connectivity index is 2.38. The molecule has 4 heteroatoms. The summed E-state index contributed by atoms with van der Waals surface area (Å²) >= 11 is 0. The lowest BCUT2D eigenvalue weighted by molar-refractivity contribution is -0.136. The van der Waals surface area contributed by atoms with E-state index in [0.717, 1.165) is 15.9 Å². The Bertz CT molecular complexity index is 917. The number of carbonyl (C=O) groups is 3. The molecular formula is C26H26O3P+. The van der Waals surface area contributed by atoms with Gasteiger partial charge < -0.3 is 0 Å². The van der Waals surface area contributed by atoms with Crippen molar-refractivity contribution in [2.75, 3.05) is 0 Å². The molecule has 1 atom stereocenters. The van der Waals surface area contributed by atoms with Crippen molar-refractivity contribution in [2.45, 2.75) is 26.7 Å². The van der Waals surface area contributed by atoms with Crippen LogP contribution in [0.4, 0.5) is 0 Å². The second-order valence-electron chi connectivity index (χ2n) is 7.28. The van der Waals surface area contributed by atoms with Crippen molar-refractivity contribution in [3.8, 4) is 0 Å². The number of hydrogen-bond donors (Lipinski definition) is 0. The molecule has 0 heterocycles. The molecule has 3 aromatic rings. The largest absolute Gasteiger partial charge is 0.301 e. The fourth-order valence-corrected chi connectivity index (χ4v) is 8.14. The Morgan fingerprint density at radius 1 is 0.700 bits per heavy atom. The fraction of sp³-hybridized carbons (Fsp3) is 0.192. The van der Waals surface area contributed by atoms with E-state index in [0.29, 0.717) is 6.42 Å². The summed E-state index contributed by atoms with van der Waals surface area (Å²) in [5.41, 5.74) is -0.281. The third-order valence-electron chi connectivity index (χ3n) is 5.23. The predicted molar refractivity (Wildman–Crippen MR) is 124 cm³/mol. The van der Waals surface area contributed by atoms with Crippen LogP contribution in [0.25, 0.3) is 0 Å². The first-order valence-electron chi connectivity index (χ1n) is 10.2. The number of rotatable bonds is 9. The molecule has 0 bridgehead atoms. The second-order valence-corrected chi connectivity index (χ2v) is 10.6. The summed E-state index contributed by atoms with van der Waals surface area (Å²) in [4.78, 5) is 39.9. The highest BCUT2D eigenvalue weighted by Crippen LogP contribution is 2.58. The summed E-state index contributed by atoms with van der Waals surface area (Å²) in [6, 6.07) is 28.8. The summed E-state index contributed by atoms with van der Waals surface area (Å²) in [5.74, 6) is -1.92. The number of ketones is 2. The van der Waals surface area contributed by atoms with Gasteiger partial charge in [-0.1, -0.05) is 61.5 Å². The van der Waals surface area contributed by atoms with Crippen LogP contribution in [0.15, 0.2) is 91.0 Å². The van der Waals surface area contributed by atoms with Crippen LogP contribution in [0.1, 0.15) is 26.7 Å². The topological polar surface area (TPSA) is 51.2 Å². The summed E-state index contributed by atoms with van der Waals surface area (Å²) in [6.07, 6.45) is 0.817. The van der Waals surface area contributed by atoms with Crippen molar-refractivity contribution in [3.63, 3.8) is 0 Å². The lowest BCUT2D eigenvalue weighted by Gasteiger charge is -2.27. The molecule has 0 aliphatic carbocycles. The standard InChI is InChI=1S/C26H26O3P/c1-3-13-24(28)25(20(2)27)26(29)30(21-14-7-4-8-15-21,22-16-9-5-10-17-22)23-18-11-6-12-19-23/h4-12,14-19,25H,3,13H2,1-2H3/q+1. The second kappa shape index (κ2) is 9.73. The zero-order chi connectivity index (χ0) is 21.6. The normalized spacial score (nSPS) is 12.2. The van der Waals surface area contributed by atoms with Gasteiger partial charge >= 0.3 is 5.52 Å². The van der Waals surface area contributed by atoms with Crippen LogP contribution in [-0.2, 0) is 14.4 Å². The molecule has 0 saturated carbocycles. The molecule has 0 fully saturated rings. The van der Waals surface area contributed by atoms with E-state index in [2.05, 4.69) is 0 Å². The molecule has 1 unspecified atom stereocenters. The van der Waals surface area contributed by atoms with E-state index in [1.54, 1.807) is 0 Å². The van der Waals surface area contributed by atoms with Crippen LogP contribution in [-0.4, -0.2) is 17.1 Å². The molecule has 0 N–H and O–H groups in total. The number of benzene rings is 3. The van der Waals surface area contributed by atoms with Gasteiger partial charge in [-0.2, -0.15) is 0 Å². The Labute approximate surface area is 178 Å². The minimum Gasteiger partial charge on any atom is -0.299 e. The van der Waals surface area contributed by atoms with Gasteiger partial charge in [-0.05, 0) is 49.7 Å². The van der Waals surface area contributed by atoms with Crippen LogP contribution in [0.3, 0.4) is 0 Å². The summed E-state index contributed by atoms with van der Waals surface area (Å²) in [5, 5.41) is 2.55.